The largest absolute Gasteiger partial charge is 0.391 e. The second kappa shape index (κ2) is 5.53. The minimum atomic E-state index is -0.351. The third-order valence-electron chi connectivity index (χ3n) is 4.94. The highest BCUT2D eigenvalue weighted by atomic mass is 16.3. The van der Waals surface area contributed by atoms with Crippen LogP contribution in [-0.2, 0) is 0 Å². The van der Waals surface area contributed by atoms with Crippen molar-refractivity contribution in [1.29, 1.82) is 0 Å². The zero-order valence-electron chi connectivity index (χ0n) is 12.6. The van der Waals surface area contributed by atoms with Gasteiger partial charge < -0.3 is 15.3 Å². The lowest BCUT2D eigenvalue weighted by Crippen LogP contribution is -2.46. The molecule has 0 spiro atoms. The van der Waals surface area contributed by atoms with Gasteiger partial charge in [-0.1, -0.05) is 0 Å². The molecule has 3 aliphatic rings. The zero-order valence-corrected chi connectivity index (χ0v) is 12.6. The van der Waals surface area contributed by atoms with Crippen LogP contribution < -0.4 is 5.32 Å². The molecule has 3 unspecified atom stereocenters. The lowest BCUT2D eigenvalue weighted by molar-refractivity contribution is 0.112. The van der Waals surface area contributed by atoms with Crippen LogP contribution in [0.15, 0.2) is 0 Å². The van der Waals surface area contributed by atoms with Gasteiger partial charge in [0.2, 0.25) is 0 Å². The number of amides is 2. The predicted molar refractivity (Wildman–Crippen MR) is 77.5 cm³/mol. The first kappa shape index (κ1) is 14.1. The lowest BCUT2D eigenvalue weighted by atomic mass is 10.2. The van der Waals surface area contributed by atoms with Crippen molar-refractivity contribution in [2.45, 2.75) is 63.3 Å². The third-order valence-corrected chi connectivity index (χ3v) is 4.94. The van der Waals surface area contributed by atoms with Crippen molar-refractivity contribution in [2.75, 3.05) is 20.1 Å². The molecule has 2 saturated carbocycles. The summed E-state index contributed by atoms with van der Waals surface area (Å²) in [6, 6.07) is 1.56. The lowest BCUT2D eigenvalue weighted by Gasteiger charge is -2.23. The van der Waals surface area contributed by atoms with Crippen molar-refractivity contribution >= 4 is 6.03 Å². The Labute approximate surface area is 121 Å². The van der Waals surface area contributed by atoms with Gasteiger partial charge in [-0.3, -0.25) is 4.90 Å². The summed E-state index contributed by atoms with van der Waals surface area (Å²) in [5.74, 6) is 0.419. The first-order chi connectivity index (χ1) is 9.54. The summed E-state index contributed by atoms with van der Waals surface area (Å²) in [4.78, 5) is 16.3. The summed E-state index contributed by atoms with van der Waals surface area (Å²) in [7, 11) is 1.78. The monoisotopic (exact) mass is 281 g/mol. The van der Waals surface area contributed by atoms with Crippen LogP contribution in [0.4, 0.5) is 4.79 Å². The number of nitrogens with one attached hydrogen (secondary N) is 1. The third kappa shape index (κ3) is 3.26. The molecule has 2 N–H and O–H groups in total. The average molecular weight is 281 g/mol. The van der Waals surface area contributed by atoms with Crippen LogP contribution in [0.25, 0.3) is 0 Å². The Morgan fingerprint density at radius 3 is 2.70 bits per heavy atom. The Kier molecular flexibility index (Phi) is 3.91. The van der Waals surface area contributed by atoms with Crippen LogP contribution in [0.1, 0.15) is 39.0 Å². The van der Waals surface area contributed by atoms with Crippen LogP contribution in [0.5, 0.6) is 0 Å². The quantitative estimate of drug-likeness (QED) is 0.791. The second-order valence-electron chi connectivity index (χ2n) is 6.94. The van der Waals surface area contributed by atoms with Gasteiger partial charge in [0.15, 0.2) is 0 Å². The van der Waals surface area contributed by atoms with Crippen molar-refractivity contribution in [3.05, 3.63) is 0 Å². The van der Waals surface area contributed by atoms with E-state index in [1.54, 1.807) is 11.9 Å². The highest BCUT2D eigenvalue weighted by Gasteiger charge is 2.39. The van der Waals surface area contributed by atoms with E-state index in [9.17, 15) is 9.90 Å². The number of nitrogens with zero attached hydrogens (tertiary/aromatic N) is 2. The van der Waals surface area contributed by atoms with E-state index in [2.05, 4.69) is 17.1 Å². The Morgan fingerprint density at radius 2 is 2.10 bits per heavy atom. The summed E-state index contributed by atoms with van der Waals surface area (Å²) < 4.78 is 0. The molecule has 1 saturated heterocycles. The van der Waals surface area contributed by atoms with Crippen LogP contribution in [0, 0.1) is 5.92 Å². The SMILES string of the molecule is CC1CC(NC(=O)N(C)CC(O)C2CC2)CN1C1CC1. The highest BCUT2D eigenvalue weighted by molar-refractivity contribution is 5.74. The number of aliphatic hydroxyl groups is 1. The smallest absolute Gasteiger partial charge is 0.317 e. The Bertz CT molecular complexity index is 368. The van der Waals surface area contributed by atoms with Crippen molar-refractivity contribution in [3.63, 3.8) is 0 Å². The molecular weight excluding hydrogens is 254 g/mol. The molecule has 5 heteroatoms. The van der Waals surface area contributed by atoms with E-state index in [1.165, 1.54) is 12.8 Å². The fraction of sp³-hybridized carbons (Fsp3) is 0.933. The number of likely N-dealkylation sites (N-methyl/N-ethyl adjacent to an activating group) is 1. The summed E-state index contributed by atoms with van der Waals surface area (Å²) in [6.07, 6.45) is 5.54. The first-order valence-electron chi connectivity index (χ1n) is 8.00. The van der Waals surface area contributed by atoms with E-state index < -0.39 is 0 Å². The number of hydrogen-bond acceptors (Lipinski definition) is 3. The number of hydrogen-bond donors (Lipinski definition) is 2. The van der Waals surface area contributed by atoms with E-state index in [0.717, 1.165) is 31.8 Å². The fourth-order valence-corrected chi connectivity index (χ4v) is 3.35. The molecule has 20 heavy (non-hydrogen) atoms. The van der Waals surface area contributed by atoms with Crippen molar-refractivity contribution < 1.29 is 9.90 Å². The number of urea groups is 1. The Morgan fingerprint density at radius 1 is 1.40 bits per heavy atom. The summed E-state index contributed by atoms with van der Waals surface area (Å²) >= 11 is 0. The van der Waals surface area contributed by atoms with E-state index in [1.807, 2.05) is 0 Å². The van der Waals surface area contributed by atoms with Crippen LogP contribution in [-0.4, -0.2) is 65.3 Å². The zero-order chi connectivity index (χ0) is 14.3. The van der Waals surface area contributed by atoms with Gasteiger partial charge in [-0.25, -0.2) is 4.79 Å². The molecular formula is C15H27N3O2. The van der Waals surface area contributed by atoms with Gasteiger partial charge in [0, 0.05) is 38.3 Å². The predicted octanol–water partition coefficient (Wildman–Crippen LogP) is 1.02. The summed E-state index contributed by atoms with van der Waals surface area (Å²) in [5.41, 5.74) is 0. The van der Waals surface area contributed by atoms with Crippen molar-refractivity contribution in [3.8, 4) is 0 Å². The molecule has 0 aromatic heterocycles. The Balaban J connectivity index is 1.43. The van der Waals surface area contributed by atoms with Gasteiger partial charge in [-0.05, 0) is 44.9 Å². The number of likely N-dealkylation sites (tertiary alicyclic amines) is 1. The standard InChI is InChI=1S/C15H27N3O2/c1-10-7-12(8-18(10)13-5-6-13)16-15(20)17(2)9-14(19)11-3-4-11/h10-14,19H,3-9H2,1-2H3,(H,16,20). The molecule has 3 fully saturated rings. The van der Waals surface area contributed by atoms with E-state index in [-0.39, 0.29) is 18.2 Å². The molecule has 0 aromatic rings. The van der Waals surface area contributed by atoms with Crippen molar-refractivity contribution in [2.24, 2.45) is 5.92 Å². The topological polar surface area (TPSA) is 55.8 Å². The van der Waals surface area contributed by atoms with E-state index >= 15 is 0 Å². The Hall–Kier alpha value is -0.810. The minimum absolute atomic E-state index is 0.0421. The maximum atomic E-state index is 12.2. The molecule has 0 aromatic carbocycles. The molecule has 2 aliphatic carbocycles. The molecule has 1 heterocycles. The van der Waals surface area contributed by atoms with E-state index in [4.69, 9.17) is 0 Å². The number of rotatable bonds is 5. The van der Waals surface area contributed by atoms with Crippen LogP contribution >= 0.6 is 0 Å². The molecule has 3 atom stereocenters. The van der Waals surface area contributed by atoms with E-state index in [0.29, 0.717) is 18.5 Å². The maximum absolute atomic E-state index is 12.2. The van der Waals surface area contributed by atoms with Gasteiger partial charge >= 0.3 is 6.03 Å². The summed E-state index contributed by atoms with van der Waals surface area (Å²) in [5, 5.41) is 13.0. The van der Waals surface area contributed by atoms with Gasteiger partial charge in [0.1, 0.15) is 0 Å². The number of aliphatic hydroxyl groups excluding tert-OH is 1. The highest BCUT2D eigenvalue weighted by Crippen LogP contribution is 2.34. The molecule has 114 valence electrons. The van der Waals surface area contributed by atoms with Gasteiger partial charge in [-0.2, -0.15) is 0 Å². The second-order valence-corrected chi connectivity index (χ2v) is 6.94. The van der Waals surface area contributed by atoms with Gasteiger partial charge in [-0.15, -0.1) is 0 Å². The number of carbonyl (C=O) groups excluding carboxylic acids is 1. The van der Waals surface area contributed by atoms with Gasteiger partial charge in [0.05, 0.1) is 6.10 Å². The van der Waals surface area contributed by atoms with Crippen LogP contribution in [0.2, 0.25) is 0 Å². The molecule has 1 aliphatic heterocycles. The maximum Gasteiger partial charge on any atom is 0.317 e. The normalized spacial score (nSPS) is 32.1. The molecule has 0 radical (unpaired) electrons. The van der Waals surface area contributed by atoms with Crippen LogP contribution in [0.3, 0.4) is 0 Å². The average Bonchev–Trinajstić information content (AvgIpc) is 3.27. The van der Waals surface area contributed by atoms with Crippen molar-refractivity contribution in [1.82, 2.24) is 15.1 Å². The fourth-order valence-electron chi connectivity index (χ4n) is 3.35. The number of carbonyl (C=O) groups is 1. The molecule has 0 bridgehead atoms. The molecule has 3 rings (SSSR count). The summed E-state index contributed by atoms with van der Waals surface area (Å²) in [6.45, 7) is 3.69. The minimum Gasteiger partial charge on any atom is -0.391 e. The van der Waals surface area contributed by atoms with Gasteiger partial charge in [0.25, 0.3) is 0 Å². The molecule has 5 nitrogen and oxygen atoms in total. The molecule has 2 amide bonds. The first-order valence-corrected chi connectivity index (χ1v) is 8.00.